The van der Waals surface area contributed by atoms with Crippen molar-refractivity contribution in [2.24, 2.45) is 0 Å². The van der Waals surface area contributed by atoms with E-state index in [1.165, 1.54) is 42.5 Å². The zero-order valence-electron chi connectivity index (χ0n) is 16.2. The summed E-state index contributed by atoms with van der Waals surface area (Å²) in [4.78, 5) is 25.9. The third-order valence-corrected chi connectivity index (χ3v) is 3.91. The first-order valence-electron chi connectivity index (χ1n) is 8.69. The van der Waals surface area contributed by atoms with Crippen molar-refractivity contribution in [1.82, 2.24) is 14.7 Å². The van der Waals surface area contributed by atoms with E-state index in [1.807, 2.05) is 0 Å². The van der Waals surface area contributed by atoms with Gasteiger partial charge < -0.3 is 14.4 Å². The molecule has 30 heavy (non-hydrogen) atoms. The van der Waals surface area contributed by atoms with Crippen molar-refractivity contribution in [2.45, 2.75) is 6.18 Å². The van der Waals surface area contributed by atoms with Gasteiger partial charge in [-0.05, 0) is 18.2 Å². The summed E-state index contributed by atoms with van der Waals surface area (Å²) in [6.45, 7) is 7.03. The summed E-state index contributed by atoms with van der Waals surface area (Å²) < 4.78 is 49.9. The van der Waals surface area contributed by atoms with Crippen LogP contribution in [0.1, 0.15) is 16.1 Å². The van der Waals surface area contributed by atoms with E-state index in [4.69, 9.17) is 9.47 Å². The summed E-state index contributed by atoms with van der Waals surface area (Å²) in [6.07, 6.45) is -0.250. The van der Waals surface area contributed by atoms with E-state index in [-0.39, 0.29) is 30.2 Å². The molecule has 7 nitrogen and oxygen atoms in total. The summed E-state index contributed by atoms with van der Waals surface area (Å²) in [5, 5.41) is 3.96. The Morgan fingerprint density at radius 2 is 1.90 bits per heavy atom. The summed E-state index contributed by atoms with van der Waals surface area (Å²) in [7, 11) is 1.27. The van der Waals surface area contributed by atoms with Crippen LogP contribution in [-0.4, -0.2) is 53.4 Å². The molecule has 0 atom stereocenters. The quantitative estimate of drug-likeness (QED) is 0.457. The first kappa shape index (κ1) is 22.7. The molecule has 160 valence electrons. The minimum Gasteiger partial charge on any atom is -0.493 e. The second kappa shape index (κ2) is 9.77. The Balaban J connectivity index is 2.20. The summed E-state index contributed by atoms with van der Waals surface area (Å²) >= 11 is 0. The molecule has 2 aromatic rings. The second-order valence-electron chi connectivity index (χ2n) is 5.99. The molecule has 0 aliphatic heterocycles. The lowest BCUT2D eigenvalue weighted by Crippen LogP contribution is -2.35. The normalized spacial score (nSPS) is 10.9. The monoisotopic (exact) mass is 423 g/mol. The van der Waals surface area contributed by atoms with Gasteiger partial charge in [0.05, 0.1) is 24.6 Å². The Kier molecular flexibility index (Phi) is 7.40. The maximum atomic E-state index is 12.9. The molecule has 1 aromatic heterocycles. The van der Waals surface area contributed by atoms with E-state index in [1.54, 1.807) is 0 Å². The van der Waals surface area contributed by atoms with Crippen molar-refractivity contribution in [2.75, 3.05) is 26.8 Å². The Morgan fingerprint density at radius 3 is 2.47 bits per heavy atom. The fraction of sp³-hybridized carbons (Fsp3) is 0.250. The van der Waals surface area contributed by atoms with Crippen molar-refractivity contribution < 1.29 is 32.2 Å². The summed E-state index contributed by atoms with van der Waals surface area (Å²) in [5.41, 5.74) is -1.07. The number of halogens is 3. The molecular weight excluding hydrogens is 403 g/mol. The van der Waals surface area contributed by atoms with Gasteiger partial charge in [-0.25, -0.2) is 9.48 Å². The van der Waals surface area contributed by atoms with E-state index in [0.717, 1.165) is 16.8 Å². The number of hydrogen-bond donors (Lipinski definition) is 0. The van der Waals surface area contributed by atoms with Crippen LogP contribution in [0.5, 0.6) is 5.75 Å². The average molecular weight is 423 g/mol. The average Bonchev–Trinajstić information content (AvgIpc) is 3.15. The highest BCUT2D eigenvalue weighted by atomic mass is 19.4. The Labute approximate surface area is 171 Å². The smallest absolute Gasteiger partial charge is 0.416 e. The molecule has 2 rings (SSSR count). The summed E-state index contributed by atoms with van der Waals surface area (Å²) in [6, 6.07) is 4.41. The molecular formula is C20H20F3N3O4. The van der Waals surface area contributed by atoms with Gasteiger partial charge in [0.2, 0.25) is 5.69 Å². The number of ether oxygens (including phenoxy) is 2. The highest BCUT2D eigenvalue weighted by Crippen LogP contribution is 2.30. The van der Waals surface area contributed by atoms with E-state index in [9.17, 15) is 22.8 Å². The van der Waals surface area contributed by atoms with Crippen LogP contribution in [0.25, 0.3) is 5.69 Å². The van der Waals surface area contributed by atoms with E-state index in [2.05, 4.69) is 18.3 Å². The van der Waals surface area contributed by atoms with Crippen LogP contribution in [-0.2, 0) is 15.7 Å². The molecule has 0 saturated heterocycles. The highest BCUT2D eigenvalue weighted by Gasteiger charge is 2.31. The maximum absolute atomic E-state index is 12.9. The van der Waals surface area contributed by atoms with E-state index >= 15 is 0 Å². The van der Waals surface area contributed by atoms with Crippen molar-refractivity contribution in [3.8, 4) is 11.4 Å². The topological polar surface area (TPSA) is 73.7 Å². The first-order chi connectivity index (χ1) is 14.2. The number of benzene rings is 1. The Bertz CT molecular complexity index is 928. The highest BCUT2D eigenvalue weighted by molar-refractivity contribution is 5.92. The number of alkyl halides is 3. The van der Waals surface area contributed by atoms with Crippen LogP contribution in [0.15, 0.2) is 55.8 Å². The fourth-order valence-electron chi connectivity index (χ4n) is 2.48. The van der Waals surface area contributed by atoms with Crippen molar-refractivity contribution in [3.63, 3.8) is 0 Å². The molecule has 0 N–H and O–H groups in total. The number of hydrogen-bond acceptors (Lipinski definition) is 5. The lowest BCUT2D eigenvalue weighted by Gasteiger charge is -2.18. The molecule has 0 bridgehead atoms. The van der Waals surface area contributed by atoms with Crippen LogP contribution in [0.2, 0.25) is 0 Å². The second-order valence-corrected chi connectivity index (χ2v) is 5.99. The molecule has 0 aliphatic rings. The van der Waals surface area contributed by atoms with Crippen LogP contribution < -0.4 is 4.74 Å². The van der Waals surface area contributed by atoms with Crippen LogP contribution in [0.3, 0.4) is 0 Å². The molecule has 0 unspecified atom stereocenters. The Morgan fingerprint density at radius 1 is 1.23 bits per heavy atom. The van der Waals surface area contributed by atoms with Gasteiger partial charge in [-0.3, -0.25) is 4.79 Å². The first-order valence-corrected chi connectivity index (χ1v) is 8.69. The standard InChI is InChI=1S/C20H20F3N3O4/c1-4-9-25(10-5-2)17(27)13-30-19(28)18-16(29-3)12-26(24-18)15-8-6-7-14(11-15)20(21,22)23/h4-8,11-12H,1-2,9-10,13H2,3H3. The zero-order valence-corrected chi connectivity index (χ0v) is 16.2. The number of nitrogens with zero attached hydrogens (tertiary/aromatic N) is 3. The number of esters is 1. The van der Waals surface area contributed by atoms with Gasteiger partial charge >= 0.3 is 12.1 Å². The lowest BCUT2D eigenvalue weighted by molar-refractivity contribution is -0.137. The fourth-order valence-corrected chi connectivity index (χ4v) is 2.48. The van der Waals surface area contributed by atoms with Crippen molar-refractivity contribution >= 4 is 11.9 Å². The van der Waals surface area contributed by atoms with Crippen LogP contribution in [0, 0.1) is 0 Å². The predicted molar refractivity (Wildman–Crippen MR) is 102 cm³/mol. The lowest BCUT2D eigenvalue weighted by atomic mass is 10.2. The molecule has 10 heteroatoms. The van der Waals surface area contributed by atoms with Gasteiger partial charge in [0.1, 0.15) is 0 Å². The van der Waals surface area contributed by atoms with Crippen molar-refractivity contribution in [1.29, 1.82) is 0 Å². The third kappa shape index (κ3) is 5.49. The molecule has 0 fully saturated rings. The van der Waals surface area contributed by atoms with Gasteiger partial charge in [0.15, 0.2) is 12.4 Å². The van der Waals surface area contributed by atoms with Crippen molar-refractivity contribution in [3.05, 3.63) is 67.0 Å². The predicted octanol–water partition coefficient (Wildman–Crippen LogP) is 3.26. The number of carbonyl (C=O) groups is 2. The zero-order chi connectivity index (χ0) is 22.3. The number of methoxy groups -OCH3 is 1. The number of carbonyl (C=O) groups excluding carboxylic acids is 2. The third-order valence-electron chi connectivity index (χ3n) is 3.91. The molecule has 0 spiro atoms. The van der Waals surface area contributed by atoms with Gasteiger partial charge in [-0.15, -0.1) is 13.2 Å². The van der Waals surface area contributed by atoms with E-state index in [0.29, 0.717) is 0 Å². The molecule has 0 aliphatic carbocycles. The minimum atomic E-state index is -4.53. The Hall–Kier alpha value is -3.56. The van der Waals surface area contributed by atoms with Gasteiger partial charge in [0, 0.05) is 13.1 Å². The molecule has 0 radical (unpaired) electrons. The van der Waals surface area contributed by atoms with E-state index < -0.39 is 30.2 Å². The number of aromatic nitrogens is 2. The minimum absolute atomic E-state index is 0.0149. The summed E-state index contributed by atoms with van der Waals surface area (Å²) in [5.74, 6) is -1.44. The SMILES string of the molecule is C=CCN(CC=C)C(=O)COC(=O)c1nn(-c2cccc(C(F)(F)F)c2)cc1OC. The number of amides is 1. The molecule has 1 amide bonds. The van der Waals surface area contributed by atoms with Gasteiger partial charge in [-0.1, -0.05) is 18.2 Å². The molecule has 1 aromatic carbocycles. The van der Waals surface area contributed by atoms with Crippen LogP contribution in [0.4, 0.5) is 13.2 Å². The maximum Gasteiger partial charge on any atom is 0.416 e. The molecule has 0 saturated carbocycles. The van der Waals surface area contributed by atoms with Gasteiger partial charge in [0.25, 0.3) is 5.91 Å². The largest absolute Gasteiger partial charge is 0.493 e. The number of rotatable bonds is 9. The molecule has 1 heterocycles. The van der Waals surface area contributed by atoms with Gasteiger partial charge in [-0.2, -0.15) is 18.3 Å². The van der Waals surface area contributed by atoms with Crippen LogP contribution >= 0.6 is 0 Å².